The van der Waals surface area contributed by atoms with Gasteiger partial charge >= 0.3 is 0 Å². The summed E-state index contributed by atoms with van der Waals surface area (Å²) in [5.74, 6) is 4.20. The molecular formula is C25H43N3O. The molecule has 0 radical (unpaired) electrons. The molecule has 2 aliphatic heterocycles. The molecule has 0 unspecified atom stereocenters. The van der Waals surface area contributed by atoms with Gasteiger partial charge in [-0.1, -0.05) is 6.92 Å². The van der Waals surface area contributed by atoms with Gasteiger partial charge in [-0.3, -0.25) is 14.6 Å². The van der Waals surface area contributed by atoms with Crippen molar-refractivity contribution < 1.29 is 4.79 Å². The number of hydrogen-bond donors (Lipinski definition) is 1. The number of carbonyl (C=O) groups is 1. The van der Waals surface area contributed by atoms with Crippen LogP contribution in [0.5, 0.6) is 0 Å². The molecular weight excluding hydrogens is 358 g/mol. The lowest BCUT2D eigenvalue weighted by atomic mass is 9.52. The highest BCUT2D eigenvalue weighted by Crippen LogP contribution is 2.58. The number of rotatable bonds is 7. The van der Waals surface area contributed by atoms with Crippen LogP contribution in [0.15, 0.2) is 0 Å². The summed E-state index contributed by atoms with van der Waals surface area (Å²) in [5, 5.41) is 3.24. The number of carbonyl (C=O) groups excluding carboxylic acids is 1. The molecule has 4 nitrogen and oxygen atoms in total. The van der Waals surface area contributed by atoms with E-state index < -0.39 is 0 Å². The van der Waals surface area contributed by atoms with Crippen molar-refractivity contribution in [2.45, 2.75) is 95.6 Å². The fraction of sp³-hybridized carbons (Fsp3) is 0.960. The Morgan fingerprint density at radius 3 is 2.24 bits per heavy atom. The van der Waals surface area contributed by atoms with Gasteiger partial charge in [-0.05, 0) is 120 Å². The van der Waals surface area contributed by atoms with Gasteiger partial charge in [0.2, 0.25) is 5.91 Å². The lowest BCUT2D eigenvalue weighted by Gasteiger charge is -2.61. The SMILES string of the molecule is CCN1CCC[C@@H]1CNC(=O)CCC1CCN(C23CC4CC(CC(C4)C2)C3)CC1. The van der Waals surface area contributed by atoms with Crippen molar-refractivity contribution in [1.29, 1.82) is 0 Å². The molecule has 6 fully saturated rings. The Balaban J connectivity index is 1.03. The summed E-state index contributed by atoms with van der Waals surface area (Å²) in [5.41, 5.74) is 0.587. The van der Waals surface area contributed by atoms with Crippen molar-refractivity contribution in [3.05, 3.63) is 0 Å². The zero-order valence-electron chi connectivity index (χ0n) is 18.7. The Morgan fingerprint density at radius 2 is 1.62 bits per heavy atom. The third kappa shape index (κ3) is 4.26. The quantitative estimate of drug-likeness (QED) is 0.699. The Kier molecular flexibility index (Phi) is 5.95. The minimum Gasteiger partial charge on any atom is -0.355 e. The molecule has 0 aromatic heterocycles. The van der Waals surface area contributed by atoms with Crippen molar-refractivity contribution >= 4 is 5.91 Å². The second-order valence-electron chi connectivity index (χ2n) is 11.3. The molecule has 4 bridgehead atoms. The molecule has 29 heavy (non-hydrogen) atoms. The van der Waals surface area contributed by atoms with E-state index in [9.17, 15) is 4.79 Å². The van der Waals surface area contributed by atoms with E-state index in [4.69, 9.17) is 0 Å². The Morgan fingerprint density at radius 1 is 0.966 bits per heavy atom. The van der Waals surface area contributed by atoms with E-state index >= 15 is 0 Å². The molecule has 6 aliphatic rings. The van der Waals surface area contributed by atoms with E-state index in [1.807, 2.05) is 0 Å². The maximum absolute atomic E-state index is 12.4. The number of nitrogens with one attached hydrogen (secondary N) is 1. The van der Waals surface area contributed by atoms with Crippen LogP contribution in [0, 0.1) is 23.7 Å². The van der Waals surface area contributed by atoms with Gasteiger partial charge in [0.1, 0.15) is 0 Å². The fourth-order valence-electron chi connectivity index (χ4n) is 8.35. The number of likely N-dealkylation sites (tertiary alicyclic amines) is 2. The Bertz CT molecular complexity index is 547. The van der Waals surface area contributed by atoms with Crippen molar-refractivity contribution in [2.75, 3.05) is 32.7 Å². The summed E-state index contributed by atoms with van der Waals surface area (Å²) >= 11 is 0. The molecule has 0 aromatic rings. The maximum Gasteiger partial charge on any atom is 0.220 e. The number of nitrogens with zero attached hydrogens (tertiary/aromatic N) is 2. The topological polar surface area (TPSA) is 35.6 Å². The molecule has 1 N–H and O–H groups in total. The molecule has 2 saturated heterocycles. The lowest BCUT2D eigenvalue weighted by molar-refractivity contribution is -0.122. The summed E-state index contributed by atoms with van der Waals surface area (Å²) in [6.45, 7) is 8.01. The van der Waals surface area contributed by atoms with E-state index in [2.05, 4.69) is 22.0 Å². The maximum atomic E-state index is 12.4. The standard InChI is InChI=1S/C25H43N3O/c1-2-27-9-3-4-23(27)18-26-24(29)6-5-19-7-10-28(11-8-19)25-15-20-12-21(16-25)14-22(13-20)17-25/h19-23H,2-18H2,1H3,(H,26,29)/t20?,21?,22?,23-,25?/m1/s1. The summed E-state index contributed by atoms with van der Waals surface area (Å²) < 4.78 is 0. The van der Waals surface area contributed by atoms with Crippen LogP contribution in [-0.2, 0) is 4.79 Å². The minimum atomic E-state index is 0.288. The van der Waals surface area contributed by atoms with Crippen LogP contribution in [0.2, 0.25) is 0 Å². The highest BCUT2D eigenvalue weighted by Gasteiger charge is 2.53. The van der Waals surface area contributed by atoms with Crippen LogP contribution in [0.4, 0.5) is 0 Å². The average molecular weight is 402 g/mol. The van der Waals surface area contributed by atoms with Gasteiger partial charge in [0.15, 0.2) is 0 Å². The number of amides is 1. The van der Waals surface area contributed by atoms with Crippen LogP contribution < -0.4 is 5.32 Å². The third-order valence-electron chi connectivity index (χ3n) is 9.51. The zero-order valence-corrected chi connectivity index (χ0v) is 18.7. The first-order valence-electron chi connectivity index (χ1n) is 12.9. The molecule has 0 aromatic carbocycles. The van der Waals surface area contributed by atoms with E-state index in [0.29, 0.717) is 11.6 Å². The van der Waals surface area contributed by atoms with Gasteiger partial charge in [0.05, 0.1) is 0 Å². The molecule has 4 saturated carbocycles. The number of hydrogen-bond acceptors (Lipinski definition) is 3. The van der Waals surface area contributed by atoms with Gasteiger partial charge in [-0.15, -0.1) is 0 Å². The first-order valence-corrected chi connectivity index (χ1v) is 12.9. The van der Waals surface area contributed by atoms with Crippen LogP contribution >= 0.6 is 0 Å². The summed E-state index contributed by atoms with van der Waals surface area (Å²) in [4.78, 5) is 17.8. The molecule has 2 heterocycles. The van der Waals surface area contributed by atoms with E-state index in [1.54, 1.807) is 19.3 Å². The van der Waals surface area contributed by atoms with Crippen LogP contribution in [-0.4, -0.2) is 60.0 Å². The van der Waals surface area contributed by atoms with Crippen molar-refractivity contribution in [2.24, 2.45) is 23.7 Å². The highest BCUT2D eigenvalue weighted by atomic mass is 16.1. The van der Waals surface area contributed by atoms with Crippen molar-refractivity contribution in [1.82, 2.24) is 15.1 Å². The van der Waals surface area contributed by atoms with Crippen molar-refractivity contribution in [3.63, 3.8) is 0 Å². The summed E-state index contributed by atoms with van der Waals surface area (Å²) in [6, 6.07) is 0.576. The number of piperidine rings is 1. The molecule has 1 amide bonds. The van der Waals surface area contributed by atoms with Crippen LogP contribution in [0.3, 0.4) is 0 Å². The third-order valence-corrected chi connectivity index (χ3v) is 9.51. The highest BCUT2D eigenvalue weighted by molar-refractivity contribution is 5.75. The van der Waals surface area contributed by atoms with Crippen LogP contribution in [0.1, 0.15) is 84.0 Å². The second kappa shape index (κ2) is 8.49. The van der Waals surface area contributed by atoms with Gasteiger partial charge in [-0.25, -0.2) is 0 Å². The molecule has 6 rings (SSSR count). The van der Waals surface area contributed by atoms with Gasteiger partial charge in [0.25, 0.3) is 0 Å². The first kappa shape index (κ1) is 20.3. The van der Waals surface area contributed by atoms with Gasteiger partial charge in [0, 0.05) is 24.5 Å². The minimum absolute atomic E-state index is 0.288. The van der Waals surface area contributed by atoms with Gasteiger partial charge < -0.3 is 5.32 Å². The normalized spacial score (nSPS) is 40.6. The van der Waals surface area contributed by atoms with E-state index in [1.165, 1.54) is 64.6 Å². The molecule has 164 valence electrons. The predicted octanol–water partition coefficient (Wildman–Crippen LogP) is 4.05. The predicted molar refractivity (Wildman–Crippen MR) is 118 cm³/mol. The Labute approximate surface area is 178 Å². The summed E-state index contributed by atoms with van der Waals surface area (Å²) in [7, 11) is 0. The van der Waals surface area contributed by atoms with Crippen LogP contribution in [0.25, 0.3) is 0 Å². The van der Waals surface area contributed by atoms with E-state index in [0.717, 1.165) is 49.6 Å². The molecule has 1 atom stereocenters. The smallest absolute Gasteiger partial charge is 0.220 e. The second-order valence-corrected chi connectivity index (χ2v) is 11.3. The zero-order chi connectivity index (χ0) is 19.8. The molecule has 0 spiro atoms. The first-order chi connectivity index (χ1) is 14.1. The number of likely N-dealkylation sites (N-methyl/N-ethyl adjacent to an activating group) is 1. The average Bonchev–Trinajstić information content (AvgIpc) is 3.18. The lowest BCUT2D eigenvalue weighted by Crippen LogP contribution is -2.61. The largest absolute Gasteiger partial charge is 0.355 e. The van der Waals surface area contributed by atoms with Crippen molar-refractivity contribution in [3.8, 4) is 0 Å². The summed E-state index contributed by atoms with van der Waals surface area (Å²) in [6.07, 6.45) is 16.1. The van der Waals surface area contributed by atoms with Gasteiger partial charge in [-0.2, -0.15) is 0 Å². The molecule has 4 aliphatic carbocycles. The fourth-order valence-corrected chi connectivity index (χ4v) is 8.35. The Hall–Kier alpha value is -0.610. The monoisotopic (exact) mass is 401 g/mol. The van der Waals surface area contributed by atoms with E-state index in [-0.39, 0.29) is 5.91 Å². The molecule has 4 heteroatoms.